The molecule has 0 spiro atoms. The van der Waals surface area contributed by atoms with Crippen molar-refractivity contribution in [3.63, 3.8) is 0 Å². The average Bonchev–Trinajstić information content (AvgIpc) is 2.38. The van der Waals surface area contributed by atoms with Gasteiger partial charge in [0.2, 0.25) is 10.0 Å². The van der Waals surface area contributed by atoms with Crippen molar-refractivity contribution in [2.45, 2.75) is 6.42 Å². The Labute approximate surface area is 125 Å². The van der Waals surface area contributed by atoms with Crippen LogP contribution < -0.4 is 4.72 Å². The Bertz CT molecular complexity index is 742. The summed E-state index contributed by atoms with van der Waals surface area (Å²) < 4.78 is 48.1. The second-order valence-electron chi connectivity index (χ2n) is 4.37. The normalized spacial score (nSPS) is 11.5. The summed E-state index contributed by atoms with van der Waals surface area (Å²) in [7, 11) is -7.12. The van der Waals surface area contributed by atoms with E-state index in [-0.39, 0.29) is 18.7 Å². The molecule has 0 unspecified atom stereocenters. The SMILES string of the molecule is CS(=O)(=O)CCS(=O)(=O)Nc1ccccc1C#CCCO. The Morgan fingerprint density at radius 3 is 2.43 bits per heavy atom. The molecule has 0 aliphatic heterocycles. The van der Waals surface area contributed by atoms with Crippen LogP contribution in [0.3, 0.4) is 0 Å². The van der Waals surface area contributed by atoms with Gasteiger partial charge in [-0.3, -0.25) is 4.72 Å². The minimum Gasteiger partial charge on any atom is -0.395 e. The second kappa shape index (κ2) is 7.45. The molecule has 6 nitrogen and oxygen atoms in total. The highest BCUT2D eigenvalue weighted by Gasteiger charge is 2.15. The number of para-hydroxylation sites is 1. The van der Waals surface area contributed by atoms with Gasteiger partial charge in [-0.1, -0.05) is 24.0 Å². The first kappa shape index (κ1) is 17.5. The van der Waals surface area contributed by atoms with Gasteiger partial charge in [0.15, 0.2) is 0 Å². The van der Waals surface area contributed by atoms with E-state index in [0.29, 0.717) is 5.56 Å². The molecule has 1 aromatic carbocycles. The van der Waals surface area contributed by atoms with Gasteiger partial charge >= 0.3 is 0 Å². The molecular formula is C13H17NO5S2. The van der Waals surface area contributed by atoms with Crippen molar-refractivity contribution in [3.8, 4) is 11.8 Å². The maximum Gasteiger partial charge on any atom is 0.233 e. The fourth-order valence-electron chi connectivity index (χ4n) is 1.37. The summed E-state index contributed by atoms with van der Waals surface area (Å²) in [4.78, 5) is 0. The number of benzene rings is 1. The molecule has 0 heterocycles. The summed E-state index contributed by atoms with van der Waals surface area (Å²) in [6, 6.07) is 6.53. The van der Waals surface area contributed by atoms with E-state index < -0.39 is 31.4 Å². The molecule has 0 aliphatic rings. The molecule has 2 N–H and O–H groups in total. The third-order valence-corrected chi connectivity index (χ3v) is 4.85. The standard InChI is InChI=1S/C13H17NO5S2/c1-20(16,17)10-11-21(18,19)14-13-8-3-2-6-12(13)7-4-5-9-15/h2-3,6,8,14-15H,5,9-11H2,1H3. The molecular weight excluding hydrogens is 314 g/mol. The van der Waals surface area contributed by atoms with Crippen LogP contribution in [-0.4, -0.2) is 46.3 Å². The van der Waals surface area contributed by atoms with E-state index in [0.717, 1.165) is 6.26 Å². The number of sulfonamides is 1. The van der Waals surface area contributed by atoms with E-state index in [2.05, 4.69) is 16.6 Å². The third kappa shape index (κ3) is 7.13. The van der Waals surface area contributed by atoms with Crippen LogP contribution >= 0.6 is 0 Å². The molecule has 8 heteroatoms. The maximum absolute atomic E-state index is 11.9. The van der Waals surface area contributed by atoms with Crippen molar-refractivity contribution in [2.24, 2.45) is 0 Å². The fraction of sp³-hybridized carbons (Fsp3) is 0.385. The van der Waals surface area contributed by atoms with E-state index in [4.69, 9.17) is 5.11 Å². The Balaban J connectivity index is 2.90. The smallest absolute Gasteiger partial charge is 0.233 e. The lowest BCUT2D eigenvalue weighted by Gasteiger charge is -2.09. The number of rotatable bonds is 6. The van der Waals surface area contributed by atoms with Gasteiger partial charge in [-0.25, -0.2) is 16.8 Å². The molecule has 0 saturated heterocycles. The van der Waals surface area contributed by atoms with Gasteiger partial charge in [0, 0.05) is 18.2 Å². The summed E-state index contributed by atoms with van der Waals surface area (Å²) in [6.07, 6.45) is 1.27. The predicted octanol–water partition coefficient (Wildman–Crippen LogP) is 0.207. The van der Waals surface area contributed by atoms with Crippen LogP contribution in [0.5, 0.6) is 0 Å². The Hall–Kier alpha value is -1.56. The molecule has 116 valence electrons. The van der Waals surface area contributed by atoms with Crippen LogP contribution in [0.2, 0.25) is 0 Å². The number of aliphatic hydroxyl groups is 1. The molecule has 0 atom stereocenters. The zero-order valence-electron chi connectivity index (χ0n) is 11.5. The fourth-order valence-corrected chi connectivity index (χ4v) is 4.08. The summed E-state index contributed by atoms with van der Waals surface area (Å²) in [5.74, 6) is 4.50. The molecule has 0 bridgehead atoms. The zero-order chi connectivity index (χ0) is 15.9. The van der Waals surface area contributed by atoms with Gasteiger partial charge in [-0.15, -0.1) is 0 Å². The quantitative estimate of drug-likeness (QED) is 0.726. The van der Waals surface area contributed by atoms with Crippen molar-refractivity contribution in [2.75, 3.05) is 29.1 Å². The molecule has 0 aliphatic carbocycles. The van der Waals surface area contributed by atoms with E-state index in [9.17, 15) is 16.8 Å². The Morgan fingerprint density at radius 2 is 1.81 bits per heavy atom. The lowest BCUT2D eigenvalue weighted by molar-refractivity contribution is 0.305. The van der Waals surface area contributed by atoms with Crippen LogP contribution in [-0.2, 0) is 19.9 Å². The van der Waals surface area contributed by atoms with Crippen molar-refractivity contribution < 1.29 is 21.9 Å². The van der Waals surface area contributed by atoms with Crippen LogP contribution in [0, 0.1) is 11.8 Å². The molecule has 0 fully saturated rings. The van der Waals surface area contributed by atoms with Crippen LogP contribution in [0.1, 0.15) is 12.0 Å². The highest BCUT2D eigenvalue weighted by Crippen LogP contribution is 2.15. The van der Waals surface area contributed by atoms with Crippen molar-refractivity contribution >= 4 is 25.5 Å². The highest BCUT2D eigenvalue weighted by atomic mass is 32.2. The van der Waals surface area contributed by atoms with Gasteiger partial charge in [0.05, 0.1) is 23.8 Å². The van der Waals surface area contributed by atoms with Gasteiger partial charge in [-0.05, 0) is 12.1 Å². The molecule has 1 rings (SSSR count). The number of hydrogen-bond acceptors (Lipinski definition) is 5. The van der Waals surface area contributed by atoms with Crippen LogP contribution in [0.4, 0.5) is 5.69 Å². The van der Waals surface area contributed by atoms with Crippen molar-refractivity contribution in [3.05, 3.63) is 29.8 Å². The van der Waals surface area contributed by atoms with E-state index in [1.807, 2.05) is 0 Å². The second-order valence-corrected chi connectivity index (χ2v) is 8.47. The van der Waals surface area contributed by atoms with Crippen LogP contribution in [0.15, 0.2) is 24.3 Å². The maximum atomic E-state index is 11.9. The zero-order valence-corrected chi connectivity index (χ0v) is 13.2. The topological polar surface area (TPSA) is 101 Å². The number of anilines is 1. The summed E-state index contributed by atoms with van der Waals surface area (Å²) in [6.45, 7) is -0.0742. The lowest BCUT2D eigenvalue weighted by atomic mass is 10.2. The summed E-state index contributed by atoms with van der Waals surface area (Å²) in [5.41, 5.74) is 0.755. The van der Waals surface area contributed by atoms with Gasteiger partial charge in [-0.2, -0.15) is 0 Å². The molecule has 0 aromatic heterocycles. The third-order valence-electron chi connectivity index (χ3n) is 2.38. The number of sulfone groups is 1. The largest absolute Gasteiger partial charge is 0.395 e. The van der Waals surface area contributed by atoms with Crippen molar-refractivity contribution in [1.82, 2.24) is 0 Å². The van der Waals surface area contributed by atoms with Crippen molar-refractivity contribution in [1.29, 1.82) is 0 Å². The van der Waals surface area contributed by atoms with E-state index in [1.54, 1.807) is 24.3 Å². The first-order chi connectivity index (χ1) is 9.73. The summed E-state index contributed by atoms with van der Waals surface area (Å²) >= 11 is 0. The first-order valence-corrected chi connectivity index (χ1v) is 9.82. The molecule has 0 saturated carbocycles. The predicted molar refractivity (Wildman–Crippen MR) is 82.1 cm³/mol. The number of hydrogen-bond donors (Lipinski definition) is 2. The Kier molecular flexibility index (Phi) is 6.20. The minimum absolute atomic E-state index is 0.0742. The van der Waals surface area contributed by atoms with E-state index >= 15 is 0 Å². The molecule has 1 aromatic rings. The minimum atomic E-state index is -3.77. The molecule has 0 radical (unpaired) electrons. The lowest BCUT2D eigenvalue weighted by Crippen LogP contribution is -2.22. The number of aliphatic hydroxyl groups excluding tert-OH is 1. The van der Waals surface area contributed by atoms with Gasteiger partial charge in [0.25, 0.3) is 0 Å². The van der Waals surface area contributed by atoms with Crippen LogP contribution in [0.25, 0.3) is 0 Å². The highest BCUT2D eigenvalue weighted by molar-refractivity contribution is 7.95. The van der Waals surface area contributed by atoms with Gasteiger partial charge in [0.1, 0.15) is 9.84 Å². The summed E-state index contributed by atoms with van der Waals surface area (Å²) in [5, 5.41) is 8.68. The molecule has 0 amide bonds. The monoisotopic (exact) mass is 331 g/mol. The average molecular weight is 331 g/mol. The first-order valence-electron chi connectivity index (χ1n) is 6.10. The number of nitrogens with one attached hydrogen (secondary N) is 1. The van der Waals surface area contributed by atoms with E-state index in [1.165, 1.54) is 0 Å². The van der Waals surface area contributed by atoms with Gasteiger partial charge < -0.3 is 5.11 Å². The molecule has 21 heavy (non-hydrogen) atoms. The Morgan fingerprint density at radius 1 is 1.14 bits per heavy atom.